The van der Waals surface area contributed by atoms with Gasteiger partial charge in [-0.15, -0.1) is 0 Å². The molecule has 0 aliphatic carbocycles. The fourth-order valence-corrected chi connectivity index (χ4v) is 2.53. The molecule has 0 N–H and O–H groups in total. The van der Waals surface area contributed by atoms with E-state index in [2.05, 4.69) is 19.1 Å². The number of carbonyl (C=O) groups is 1. The van der Waals surface area contributed by atoms with E-state index in [-0.39, 0.29) is 11.8 Å². The molecule has 2 aromatic rings. The van der Waals surface area contributed by atoms with Crippen molar-refractivity contribution < 1.29 is 9.21 Å². The predicted octanol–water partition coefficient (Wildman–Crippen LogP) is 3.60. The van der Waals surface area contributed by atoms with E-state index in [1.54, 1.807) is 11.2 Å². The zero-order valence-corrected chi connectivity index (χ0v) is 13.6. The summed E-state index contributed by atoms with van der Waals surface area (Å²) in [5.41, 5.74) is 4.09. The first-order valence-corrected chi connectivity index (χ1v) is 7.61. The maximum Gasteiger partial charge on any atom is 0.227 e. The summed E-state index contributed by atoms with van der Waals surface area (Å²) in [5, 5.41) is 9.91. The van der Waals surface area contributed by atoms with Gasteiger partial charge in [0.1, 0.15) is 5.58 Å². The summed E-state index contributed by atoms with van der Waals surface area (Å²) in [6.45, 7) is 8.95. The lowest BCUT2D eigenvalue weighted by Crippen LogP contribution is -2.35. The van der Waals surface area contributed by atoms with Gasteiger partial charge in [0.05, 0.1) is 24.7 Å². The fraction of sp³-hybridized carbons (Fsp3) is 0.444. The summed E-state index contributed by atoms with van der Waals surface area (Å²) in [7, 11) is 0. The first kappa shape index (κ1) is 16.1. The van der Waals surface area contributed by atoms with E-state index in [1.807, 2.05) is 26.8 Å². The number of carbonyl (C=O) groups excluding carboxylic acids is 1. The van der Waals surface area contributed by atoms with Gasteiger partial charge >= 0.3 is 0 Å². The largest absolute Gasteiger partial charge is 0.464 e. The second-order valence-corrected chi connectivity index (χ2v) is 5.83. The third kappa shape index (κ3) is 3.30. The first-order valence-electron chi connectivity index (χ1n) is 7.61. The molecule has 0 saturated heterocycles. The van der Waals surface area contributed by atoms with Gasteiger partial charge in [0, 0.05) is 24.0 Å². The summed E-state index contributed by atoms with van der Waals surface area (Å²) in [6.07, 6.45) is 1.98. The Hall–Kier alpha value is -2.28. The molecular formula is C18H22N2O2. The van der Waals surface area contributed by atoms with E-state index in [0.29, 0.717) is 19.5 Å². The molecule has 1 unspecified atom stereocenters. The standard InChI is InChI=1S/C18H22N2O2/c1-5-20(10-12(2)9-19)18(21)8-15-11-22-17-7-14(4)13(3)6-16(15)17/h6-7,11-12H,5,8,10H2,1-4H3. The minimum atomic E-state index is -0.158. The van der Waals surface area contributed by atoms with E-state index in [0.717, 1.165) is 16.5 Å². The lowest BCUT2D eigenvalue weighted by atomic mass is 10.0. The van der Waals surface area contributed by atoms with E-state index >= 15 is 0 Å². The highest BCUT2D eigenvalue weighted by Gasteiger charge is 2.18. The number of hydrogen-bond donors (Lipinski definition) is 0. The molecule has 0 radical (unpaired) electrons. The van der Waals surface area contributed by atoms with Crippen LogP contribution in [0, 0.1) is 31.1 Å². The topological polar surface area (TPSA) is 57.2 Å². The minimum Gasteiger partial charge on any atom is -0.464 e. The normalized spacial score (nSPS) is 12.1. The predicted molar refractivity (Wildman–Crippen MR) is 86.4 cm³/mol. The van der Waals surface area contributed by atoms with Crippen molar-refractivity contribution in [3.8, 4) is 6.07 Å². The second kappa shape index (κ2) is 6.65. The van der Waals surface area contributed by atoms with E-state index < -0.39 is 0 Å². The number of nitriles is 1. The van der Waals surface area contributed by atoms with Crippen molar-refractivity contribution in [2.24, 2.45) is 5.92 Å². The van der Waals surface area contributed by atoms with Crippen LogP contribution in [0.5, 0.6) is 0 Å². The van der Waals surface area contributed by atoms with Crippen molar-refractivity contribution >= 4 is 16.9 Å². The van der Waals surface area contributed by atoms with Crippen molar-refractivity contribution in [3.63, 3.8) is 0 Å². The second-order valence-electron chi connectivity index (χ2n) is 5.83. The molecule has 0 spiro atoms. The molecule has 0 fully saturated rings. The molecule has 4 nitrogen and oxygen atoms in total. The van der Waals surface area contributed by atoms with Gasteiger partial charge in [0.25, 0.3) is 0 Å². The number of nitrogens with zero attached hydrogens (tertiary/aromatic N) is 2. The van der Waals surface area contributed by atoms with E-state index in [9.17, 15) is 4.79 Å². The number of hydrogen-bond acceptors (Lipinski definition) is 3. The number of rotatable bonds is 5. The number of likely N-dealkylation sites (N-methyl/N-ethyl adjacent to an activating group) is 1. The van der Waals surface area contributed by atoms with Crippen LogP contribution in [-0.4, -0.2) is 23.9 Å². The molecule has 1 aromatic carbocycles. The molecule has 4 heteroatoms. The van der Waals surface area contributed by atoms with Gasteiger partial charge in [-0.2, -0.15) is 5.26 Å². The molecule has 0 aliphatic rings. The number of aryl methyl sites for hydroxylation is 2. The summed E-state index contributed by atoms with van der Waals surface area (Å²) in [5.74, 6) is -0.125. The molecule has 1 amide bonds. The van der Waals surface area contributed by atoms with E-state index in [1.165, 1.54) is 11.1 Å². The monoisotopic (exact) mass is 298 g/mol. The average Bonchev–Trinajstić information content (AvgIpc) is 2.87. The van der Waals surface area contributed by atoms with Gasteiger partial charge in [0.15, 0.2) is 0 Å². The molecule has 0 saturated carbocycles. The van der Waals surface area contributed by atoms with Crippen LogP contribution >= 0.6 is 0 Å². The van der Waals surface area contributed by atoms with Crippen LogP contribution in [0.4, 0.5) is 0 Å². The van der Waals surface area contributed by atoms with Crippen LogP contribution in [0.1, 0.15) is 30.5 Å². The molecule has 1 atom stereocenters. The van der Waals surface area contributed by atoms with Gasteiger partial charge in [-0.05, 0) is 51.0 Å². The van der Waals surface area contributed by atoms with Crippen LogP contribution in [0.3, 0.4) is 0 Å². The zero-order valence-electron chi connectivity index (χ0n) is 13.6. The van der Waals surface area contributed by atoms with Crippen LogP contribution in [0.2, 0.25) is 0 Å². The van der Waals surface area contributed by atoms with Crippen molar-refractivity contribution in [2.45, 2.75) is 34.1 Å². The highest BCUT2D eigenvalue weighted by atomic mass is 16.3. The molecular weight excluding hydrogens is 276 g/mol. The quantitative estimate of drug-likeness (QED) is 0.847. The summed E-state index contributed by atoms with van der Waals surface area (Å²) >= 11 is 0. The Morgan fingerprint density at radius 2 is 2.05 bits per heavy atom. The molecule has 116 valence electrons. The summed E-state index contributed by atoms with van der Waals surface area (Å²) in [6, 6.07) is 6.26. The van der Waals surface area contributed by atoms with Crippen LogP contribution in [-0.2, 0) is 11.2 Å². The first-order chi connectivity index (χ1) is 10.5. The lowest BCUT2D eigenvalue weighted by Gasteiger charge is -2.21. The van der Waals surface area contributed by atoms with E-state index in [4.69, 9.17) is 9.68 Å². The maximum absolute atomic E-state index is 12.5. The highest BCUT2D eigenvalue weighted by molar-refractivity contribution is 5.88. The van der Waals surface area contributed by atoms with Gasteiger partial charge < -0.3 is 9.32 Å². The van der Waals surface area contributed by atoms with Gasteiger partial charge in [-0.3, -0.25) is 4.79 Å². The molecule has 2 rings (SSSR count). The molecule has 0 bridgehead atoms. The Morgan fingerprint density at radius 3 is 2.68 bits per heavy atom. The summed E-state index contributed by atoms with van der Waals surface area (Å²) < 4.78 is 5.58. The zero-order chi connectivity index (χ0) is 16.3. The van der Waals surface area contributed by atoms with Gasteiger partial charge in [0.2, 0.25) is 5.91 Å². The number of amides is 1. The Labute approximate surface area is 131 Å². The van der Waals surface area contributed by atoms with Crippen molar-refractivity contribution in [2.75, 3.05) is 13.1 Å². The molecule has 1 aromatic heterocycles. The van der Waals surface area contributed by atoms with Crippen molar-refractivity contribution in [1.82, 2.24) is 4.90 Å². The Bertz CT molecular complexity index is 724. The van der Waals surface area contributed by atoms with Crippen LogP contribution in [0.25, 0.3) is 11.0 Å². The Kier molecular flexibility index (Phi) is 4.87. The SMILES string of the molecule is CCN(CC(C)C#N)C(=O)Cc1coc2cc(C)c(C)cc12. The third-order valence-corrected chi connectivity index (χ3v) is 4.06. The number of benzene rings is 1. The van der Waals surface area contributed by atoms with Crippen molar-refractivity contribution in [1.29, 1.82) is 5.26 Å². The third-order valence-electron chi connectivity index (χ3n) is 4.06. The molecule has 0 aliphatic heterocycles. The number of fused-ring (bicyclic) bond motifs is 1. The van der Waals surface area contributed by atoms with Gasteiger partial charge in [-0.25, -0.2) is 0 Å². The average molecular weight is 298 g/mol. The van der Waals surface area contributed by atoms with Crippen LogP contribution < -0.4 is 0 Å². The highest BCUT2D eigenvalue weighted by Crippen LogP contribution is 2.25. The maximum atomic E-state index is 12.5. The number of furan rings is 1. The smallest absolute Gasteiger partial charge is 0.227 e. The summed E-state index contributed by atoms with van der Waals surface area (Å²) in [4.78, 5) is 14.2. The van der Waals surface area contributed by atoms with Gasteiger partial charge in [-0.1, -0.05) is 0 Å². The lowest BCUT2D eigenvalue weighted by molar-refractivity contribution is -0.130. The van der Waals surface area contributed by atoms with Crippen molar-refractivity contribution in [3.05, 3.63) is 35.1 Å². The molecule has 22 heavy (non-hydrogen) atoms. The minimum absolute atomic E-state index is 0.0329. The fourth-order valence-electron chi connectivity index (χ4n) is 2.53. The molecule has 1 heterocycles. The Morgan fingerprint density at radius 1 is 1.36 bits per heavy atom. The Balaban J connectivity index is 2.21. The van der Waals surface area contributed by atoms with Crippen LogP contribution in [0.15, 0.2) is 22.8 Å².